The summed E-state index contributed by atoms with van der Waals surface area (Å²) in [5, 5.41) is 12.5. The minimum Gasteiger partial charge on any atom is -0.496 e. The molecular formula is C33H35Cl2N9O2. The lowest BCUT2D eigenvalue weighted by molar-refractivity contribution is 0.0777. The lowest BCUT2D eigenvalue weighted by atomic mass is 9.76. The number of nitrogens with zero attached hydrogens (tertiary/aromatic N) is 8. The molecule has 3 aromatic carbocycles. The van der Waals surface area contributed by atoms with Crippen molar-refractivity contribution in [2.75, 3.05) is 57.8 Å². The summed E-state index contributed by atoms with van der Waals surface area (Å²) in [6.45, 7) is 5.83. The predicted molar refractivity (Wildman–Crippen MR) is 178 cm³/mol. The summed E-state index contributed by atoms with van der Waals surface area (Å²) in [7, 11) is 1.57. The summed E-state index contributed by atoms with van der Waals surface area (Å²) in [5.74, 6) is 1.34. The molecule has 11 nitrogen and oxygen atoms in total. The Bertz CT molecular complexity index is 1810. The zero-order chi connectivity index (χ0) is 31.7. The van der Waals surface area contributed by atoms with Crippen LogP contribution < -0.4 is 9.64 Å². The third-order valence-corrected chi connectivity index (χ3v) is 10.1. The Morgan fingerprint density at radius 2 is 1.89 bits per heavy atom. The number of tetrazole rings is 1. The quantitative estimate of drug-likeness (QED) is 0.241. The van der Waals surface area contributed by atoms with Gasteiger partial charge in [0.25, 0.3) is 5.91 Å². The summed E-state index contributed by atoms with van der Waals surface area (Å²) < 4.78 is 7.13. The van der Waals surface area contributed by atoms with Gasteiger partial charge in [0.2, 0.25) is 5.95 Å². The van der Waals surface area contributed by atoms with Crippen LogP contribution in [0, 0.1) is 0 Å². The number of para-hydroxylation sites is 2. The highest BCUT2D eigenvalue weighted by Crippen LogP contribution is 2.41. The minimum atomic E-state index is -0.282. The number of imidazole rings is 1. The maximum Gasteiger partial charge on any atom is 0.257 e. The first-order valence-electron chi connectivity index (χ1n) is 15.5. The van der Waals surface area contributed by atoms with Crippen molar-refractivity contribution in [3.05, 3.63) is 88.2 Å². The molecule has 7 rings (SSSR count). The second-order valence-corrected chi connectivity index (χ2v) is 12.8. The van der Waals surface area contributed by atoms with E-state index in [-0.39, 0.29) is 11.3 Å². The number of aromatic nitrogens is 6. The number of aromatic amines is 1. The van der Waals surface area contributed by atoms with Crippen LogP contribution in [0.5, 0.6) is 5.75 Å². The number of H-pyrrole nitrogens is 1. The third kappa shape index (κ3) is 6.02. The zero-order valence-electron chi connectivity index (χ0n) is 25.6. The summed E-state index contributed by atoms with van der Waals surface area (Å²) in [6.07, 6.45) is 4.23. The average molecular weight is 661 g/mol. The van der Waals surface area contributed by atoms with Crippen LogP contribution in [0.3, 0.4) is 0 Å². The molecule has 0 spiro atoms. The van der Waals surface area contributed by atoms with E-state index >= 15 is 0 Å². The number of halogens is 2. The van der Waals surface area contributed by atoms with E-state index in [1.54, 1.807) is 19.2 Å². The molecule has 1 atom stereocenters. The van der Waals surface area contributed by atoms with Crippen LogP contribution in [0.4, 0.5) is 5.95 Å². The molecule has 0 bridgehead atoms. The van der Waals surface area contributed by atoms with Crippen molar-refractivity contribution in [3.8, 4) is 11.4 Å². The number of benzene rings is 3. The van der Waals surface area contributed by atoms with Gasteiger partial charge < -0.3 is 24.4 Å². The topological polar surface area (TPSA) is 108 Å². The van der Waals surface area contributed by atoms with Crippen LogP contribution in [0.15, 0.2) is 67.0 Å². The molecule has 1 amide bonds. The molecule has 2 aromatic heterocycles. The van der Waals surface area contributed by atoms with Gasteiger partial charge in [0.1, 0.15) is 12.1 Å². The molecule has 2 saturated heterocycles. The fourth-order valence-electron chi connectivity index (χ4n) is 6.78. The Labute approximate surface area is 277 Å². The smallest absolute Gasteiger partial charge is 0.257 e. The van der Waals surface area contributed by atoms with Crippen molar-refractivity contribution >= 4 is 46.1 Å². The van der Waals surface area contributed by atoms with Crippen LogP contribution in [-0.4, -0.2) is 98.8 Å². The van der Waals surface area contributed by atoms with E-state index in [1.165, 1.54) is 11.0 Å². The molecule has 1 N–H and O–H groups in total. The molecule has 0 saturated carbocycles. The van der Waals surface area contributed by atoms with Gasteiger partial charge >= 0.3 is 0 Å². The summed E-state index contributed by atoms with van der Waals surface area (Å²) in [5.41, 5.74) is 4.02. The van der Waals surface area contributed by atoms with Crippen molar-refractivity contribution in [1.82, 2.24) is 40.0 Å². The summed E-state index contributed by atoms with van der Waals surface area (Å²) >= 11 is 12.9. The van der Waals surface area contributed by atoms with Crippen LogP contribution in [0.1, 0.15) is 35.2 Å². The van der Waals surface area contributed by atoms with Gasteiger partial charge in [-0.3, -0.25) is 4.79 Å². The first-order valence-corrected chi connectivity index (χ1v) is 16.3. The number of hydrogen-bond acceptors (Lipinski definition) is 8. The van der Waals surface area contributed by atoms with E-state index < -0.39 is 0 Å². The number of ether oxygens (including phenoxy) is 1. The highest BCUT2D eigenvalue weighted by Gasteiger charge is 2.42. The maximum atomic E-state index is 14.1. The van der Waals surface area contributed by atoms with E-state index in [1.807, 2.05) is 41.3 Å². The molecule has 0 aliphatic carbocycles. The Morgan fingerprint density at radius 1 is 1.00 bits per heavy atom. The monoisotopic (exact) mass is 659 g/mol. The fourth-order valence-corrected chi connectivity index (χ4v) is 7.08. The van der Waals surface area contributed by atoms with Crippen LogP contribution >= 0.6 is 23.2 Å². The first-order chi connectivity index (χ1) is 22.4. The SMILES string of the molecule is COc1ccc(-n2cnnn2)cc1C(=O)N1CCC(CCN2CCCN(c3nc4ccccc4[nH]3)CC2)(c2ccc(Cl)c(Cl)c2)C1. The Balaban J connectivity index is 1.09. The molecule has 13 heteroatoms. The highest BCUT2D eigenvalue weighted by atomic mass is 35.5. The van der Waals surface area contributed by atoms with Crippen LogP contribution in [0.2, 0.25) is 10.0 Å². The van der Waals surface area contributed by atoms with Crippen LogP contribution in [0.25, 0.3) is 16.7 Å². The van der Waals surface area contributed by atoms with Gasteiger partial charge in [-0.2, -0.15) is 0 Å². The van der Waals surface area contributed by atoms with E-state index in [4.69, 9.17) is 32.9 Å². The average Bonchev–Trinajstić information content (AvgIpc) is 3.83. The molecule has 4 heterocycles. The molecule has 2 fully saturated rings. The van der Waals surface area contributed by atoms with Gasteiger partial charge in [0.15, 0.2) is 0 Å². The second-order valence-electron chi connectivity index (χ2n) is 12.0. The highest BCUT2D eigenvalue weighted by molar-refractivity contribution is 6.42. The van der Waals surface area contributed by atoms with Gasteiger partial charge in [-0.05, 0) is 90.8 Å². The number of nitrogens with one attached hydrogen (secondary N) is 1. The molecular weight excluding hydrogens is 625 g/mol. The van der Waals surface area contributed by atoms with Crippen molar-refractivity contribution in [1.29, 1.82) is 0 Å². The number of methoxy groups -OCH3 is 1. The number of fused-ring (bicyclic) bond motifs is 1. The lowest BCUT2D eigenvalue weighted by Crippen LogP contribution is -2.39. The Morgan fingerprint density at radius 3 is 2.70 bits per heavy atom. The van der Waals surface area contributed by atoms with Crippen molar-refractivity contribution in [2.45, 2.75) is 24.7 Å². The molecule has 46 heavy (non-hydrogen) atoms. The van der Waals surface area contributed by atoms with E-state index in [9.17, 15) is 4.79 Å². The third-order valence-electron chi connectivity index (χ3n) is 9.37. The first kappa shape index (κ1) is 30.5. The van der Waals surface area contributed by atoms with Gasteiger partial charge in [-0.1, -0.05) is 41.4 Å². The number of amides is 1. The van der Waals surface area contributed by atoms with E-state index in [2.05, 4.69) is 42.4 Å². The number of rotatable bonds is 8. The van der Waals surface area contributed by atoms with Crippen molar-refractivity contribution in [3.63, 3.8) is 0 Å². The minimum absolute atomic E-state index is 0.0926. The van der Waals surface area contributed by atoms with Crippen molar-refractivity contribution < 1.29 is 9.53 Å². The van der Waals surface area contributed by atoms with Crippen molar-refractivity contribution in [2.24, 2.45) is 0 Å². The summed E-state index contributed by atoms with van der Waals surface area (Å²) in [4.78, 5) is 29.2. The molecule has 0 radical (unpaired) electrons. The van der Waals surface area contributed by atoms with E-state index in [0.717, 1.165) is 74.5 Å². The van der Waals surface area contributed by atoms with Gasteiger partial charge in [0, 0.05) is 38.1 Å². The predicted octanol–water partition coefficient (Wildman–Crippen LogP) is 5.24. The second kappa shape index (κ2) is 12.9. The van der Waals surface area contributed by atoms with Crippen LogP contribution in [-0.2, 0) is 5.41 Å². The fraction of sp³-hybridized carbons (Fsp3) is 0.364. The molecule has 5 aromatic rings. The Hall–Kier alpha value is -4.19. The molecule has 238 valence electrons. The largest absolute Gasteiger partial charge is 0.496 e. The van der Waals surface area contributed by atoms with E-state index in [0.29, 0.717) is 40.1 Å². The standard InChI is InChI=1S/C33H35Cl2N9O2/c1-46-30-10-8-24(44-22-36-39-40-44)20-25(30)31(45)43-16-12-33(21-43,23-7-9-26(34)27(35)19-23)11-15-41-13-4-14-42(18-17-41)32-37-28-5-2-3-6-29(28)38-32/h2-3,5-10,19-20,22H,4,11-18,21H2,1H3,(H,37,38). The number of hydrogen-bond donors (Lipinski definition) is 1. The zero-order valence-corrected chi connectivity index (χ0v) is 27.1. The molecule has 1 unspecified atom stereocenters. The number of likely N-dealkylation sites (tertiary alicyclic amines) is 1. The normalized spacial score (nSPS) is 19.1. The summed E-state index contributed by atoms with van der Waals surface area (Å²) in [6, 6.07) is 19.4. The van der Waals surface area contributed by atoms with Gasteiger partial charge in [-0.25, -0.2) is 9.67 Å². The molecule has 2 aliphatic heterocycles. The maximum absolute atomic E-state index is 14.1. The molecule has 2 aliphatic rings. The lowest BCUT2D eigenvalue weighted by Gasteiger charge is -2.33. The number of anilines is 1. The number of carbonyl (C=O) groups excluding carboxylic acids is 1. The number of carbonyl (C=O) groups is 1. The van der Waals surface area contributed by atoms with Gasteiger partial charge in [-0.15, -0.1) is 5.10 Å². The Kier molecular flexibility index (Phi) is 8.54. The van der Waals surface area contributed by atoms with Gasteiger partial charge in [0.05, 0.1) is 39.4 Å².